The summed E-state index contributed by atoms with van der Waals surface area (Å²) < 4.78 is 0.341. The molecule has 0 N–H and O–H groups in total. The van der Waals surface area contributed by atoms with E-state index in [1.54, 1.807) is 24.7 Å². The van der Waals surface area contributed by atoms with E-state index in [9.17, 15) is 0 Å². The number of halogens is 2. The maximum atomic E-state index is 2.37. The summed E-state index contributed by atoms with van der Waals surface area (Å²) in [6.07, 6.45) is 9.06. The number of allylic oxidation sites excluding steroid dienone is 4. The van der Waals surface area contributed by atoms with Crippen LogP contribution >= 0.6 is 0 Å². The van der Waals surface area contributed by atoms with Crippen LogP contribution in [0.2, 0.25) is 3.12 Å². The molecule has 0 fully saturated rings. The number of hydrogen-bond acceptors (Lipinski definition) is 0. The van der Waals surface area contributed by atoms with E-state index in [1.807, 2.05) is 0 Å². The van der Waals surface area contributed by atoms with Gasteiger partial charge in [0.2, 0.25) is 0 Å². The van der Waals surface area contributed by atoms with Gasteiger partial charge in [-0.3, -0.25) is 0 Å². The van der Waals surface area contributed by atoms with Gasteiger partial charge in [-0.2, -0.15) is 0 Å². The van der Waals surface area contributed by atoms with E-state index in [0.717, 1.165) is 5.92 Å². The van der Waals surface area contributed by atoms with Gasteiger partial charge in [0.25, 0.3) is 0 Å². The summed E-state index contributed by atoms with van der Waals surface area (Å²) in [6.45, 7) is 9.36. The topological polar surface area (TPSA) is 0 Å². The summed E-state index contributed by atoms with van der Waals surface area (Å²) in [7, 11) is 0. The fourth-order valence-electron chi connectivity index (χ4n) is 1.38. The summed E-state index contributed by atoms with van der Waals surface area (Å²) in [5, 5.41) is 0. The Kier molecular flexibility index (Phi) is 7.27. The van der Waals surface area contributed by atoms with Gasteiger partial charge in [-0.15, -0.1) is 0 Å². The maximum Gasteiger partial charge on any atom is -1.00 e. The zero-order chi connectivity index (χ0) is 9.41. The molecule has 1 rings (SSSR count). The van der Waals surface area contributed by atoms with Gasteiger partial charge < -0.3 is 24.8 Å². The monoisotopic (exact) mass is 309 g/mol. The molecule has 0 aromatic heterocycles. The molecule has 1 aliphatic rings. The Morgan fingerprint density at radius 3 is 1.71 bits per heavy atom. The molecule has 0 unspecified atom stereocenters. The molecule has 0 aliphatic heterocycles. The molecule has 79 valence electrons. The van der Waals surface area contributed by atoms with Crippen molar-refractivity contribution in [2.45, 2.75) is 30.8 Å². The van der Waals surface area contributed by atoms with Crippen molar-refractivity contribution >= 4 is 0 Å². The molecule has 0 saturated heterocycles. The second kappa shape index (κ2) is 5.87. The van der Waals surface area contributed by atoms with Gasteiger partial charge in [0.05, 0.1) is 0 Å². The summed E-state index contributed by atoms with van der Waals surface area (Å²) in [5.41, 5.74) is 0.384. The van der Waals surface area contributed by atoms with Crippen molar-refractivity contribution in [3.8, 4) is 0 Å². The molecule has 0 radical (unpaired) electrons. The Balaban J connectivity index is 0. The van der Waals surface area contributed by atoms with Crippen LogP contribution in [-0.2, 0) is 24.7 Å². The molecule has 0 atom stereocenters. The van der Waals surface area contributed by atoms with E-state index in [-0.39, 0.29) is 24.8 Å². The molecule has 14 heavy (non-hydrogen) atoms. The largest absolute Gasteiger partial charge is 1.00 e. The molecule has 0 aromatic carbocycles. The third-order valence-corrected chi connectivity index (χ3v) is 5.74. The van der Waals surface area contributed by atoms with Crippen molar-refractivity contribution < 1.29 is 49.5 Å². The molecule has 0 nitrogen and oxygen atoms in total. The summed E-state index contributed by atoms with van der Waals surface area (Å²) in [4.78, 5) is 0. The van der Waals surface area contributed by atoms with Crippen molar-refractivity contribution in [3.05, 3.63) is 24.3 Å². The third kappa shape index (κ3) is 2.97. The minimum atomic E-state index is 0. The summed E-state index contributed by atoms with van der Waals surface area (Å²) >= 11 is 1.60. The standard InChI is InChI=1S/C11H17.2ClH.Zr/c1-9(2)11(3,4)10-7-5-6-8-10;;;/h5-9H,1-4H3;2*1H;/q;;;+2/p-2. The third-order valence-electron chi connectivity index (χ3n) is 3.34. The normalized spacial score (nSPS) is 17.9. The van der Waals surface area contributed by atoms with Gasteiger partial charge in [-0.05, 0) is 0 Å². The van der Waals surface area contributed by atoms with E-state index >= 15 is 0 Å². The van der Waals surface area contributed by atoms with Crippen LogP contribution in [0, 0.1) is 11.3 Å². The smallest absolute Gasteiger partial charge is 1.00 e. The van der Waals surface area contributed by atoms with Crippen molar-refractivity contribution in [3.63, 3.8) is 0 Å². The first-order valence-corrected chi connectivity index (χ1v) is 5.75. The molecule has 0 bridgehead atoms. The molecule has 0 heterocycles. The molecular formula is C11H17Cl2Zr. The first kappa shape index (κ1) is 17.3. The first-order valence-electron chi connectivity index (χ1n) is 4.52. The summed E-state index contributed by atoms with van der Waals surface area (Å²) in [6, 6.07) is 0. The summed E-state index contributed by atoms with van der Waals surface area (Å²) in [5.74, 6) is 0.726. The van der Waals surface area contributed by atoms with Crippen LogP contribution in [-0.4, -0.2) is 0 Å². The Bertz CT molecular complexity index is 217. The van der Waals surface area contributed by atoms with Gasteiger partial charge >= 0.3 is 91.2 Å². The molecule has 0 spiro atoms. The van der Waals surface area contributed by atoms with Crippen LogP contribution < -0.4 is 24.8 Å². The van der Waals surface area contributed by atoms with Crippen LogP contribution in [0.1, 0.15) is 27.7 Å². The van der Waals surface area contributed by atoms with Gasteiger partial charge in [-0.25, -0.2) is 0 Å². The number of hydrogen-bond donors (Lipinski definition) is 0. The van der Waals surface area contributed by atoms with E-state index in [4.69, 9.17) is 0 Å². The zero-order valence-corrected chi connectivity index (χ0v) is 13.1. The first-order chi connectivity index (χ1) is 5.40. The van der Waals surface area contributed by atoms with Gasteiger partial charge in [-0.1, -0.05) is 0 Å². The van der Waals surface area contributed by atoms with E-state index in [0.29, 0.717) is 8.54 Å². The quantitative estimate of drug-likeness (QED) is 0.529. The van der Waals surface area contributed by atoms with Crippen LogP contribution in [0.4, 0.5) is 0 Å². The second-order valence-corrected chi connectivity index (χ2v) is 6.50. The molecular weight excluding hydrogens is 294 g/mol. The van der Waals surface area contributed by atoms with Crippen molar-refractivity contribution in [2.24, 2.45) is 11.3 Å². The Hall–Kier alpha value is 0.943. The maximum absolute atomic E-state index is 2.37. The molecule has 0 amide bonds. The molecule has 1 aliphatic carbocycles. The predicted octanol–water partition coefficient (Wildman–Crippen LogP) is -2.49. The van der Waals surface area contributed by atoms with Gasteiger partial charge in [0, 0.05) is 0 Å². The molecule has 0 aromatic rings. The Morgan fingerprint density at radius 2 is 1.43 bits per heavy atom. The number of rotatable bonds is 2. The van der Waals surface area contributed by atoms with Gasteiger partial charge in [0.15, 0.2) is 0 Å². The van der Waals surface area contributed by atoms with Crippen LogP contribution in [0.3, 0.4) is 0 Å². The Morgan fingerprint density at radius 1 is 1.07 bits per heavy atom. The minimum absolute atomic E-state index is 0. The molecule has 0 saturated carbocycles. The van der Waals surface area contributed by atoms with Crippen LogP contribution in [0.25, 0.3) is 0 Å². The van der Waals surface area contributed by atoms with Crippen molar-refractivity contribution in [2.75, 3.05) is 0 Å². The predicted molar refractivity (Wildman–Crippen MR) is 49.6 cm³/mol. The average molecular weight is 311 g/mol. The van der Waals surface area contributed by atoms with Gasteiger partial charge in [0.1, 0.15) is 0 Å². The van der Waals surface area contributed by atoms with E-state index in [2.05, 4.69) is 52.0 Å². The van der Waals surface area contributed by atoms with Crippen molar-refractivity contribution in [1.29, 1.82) is 0 Å². The van der Waals surface area contributed by atoms with Crippen LogP contribution in [0.15, 0.2) is 24.3 Å². The second-order valence-electron chi connectivity index (χ2n) is 4.46. The SMILES string of the molecule is CC(C)C(C)(C)[C]1([Zr+2])C=CC=C1.[Cl-].[Cl-]. The fraction of sp³-hybridized carbons (Fsp3) is 0.636. The Labute approximate surface area is 115 Å². The average Bonchev–Trinajstić information content (AvgIpc) is 2.37. The van der Waals surface area contributed by atoms with Crippen molar-refractivity contribution in [1.82, 2.24) is 0 Å². The zero-order valence-electron chi connectivity index (χ0n) is 9.14. The molecule has 3 heteroatoms. The van der Waals surface area contributed by atoms with E-state index in [1.165, 1.54) is 0 Å². The minimum Gasteiger partial charge on any atom is -1.00 e. The fourth-order valence-corrected chi connectivity index (χ4v) is 2.56. The van der Waals surface area contributed by atoms with E-state index < -0.39 is 0 Å². The van der Waals surface area contributed by atoms with Crippen LogP contribution in [0.5, 0.6) is 0 Å².